The van der Waals surface area contributed by atoms with E-state index in [0.717, 1.165) is 0 Å². The van der Waals surface area contributed by atoms with Gasteiger partial charge in [0, 0.05) is 5.57 Å². The summed E-state index contributed by atoms with van der Waals surface area (Å²) in [5.74, 6) is -0.591. The maximum absolute atomic E-state index is 11.2. The summed E-state index contributed by atoms with van der Waals surface area (Å²) in [5, 5.41) is 2.21. The number of carbonyl (C=O) groups excluding carboxylic acids is 1. The van der Waals surface area contributed by atoms with E-state index in [-0.39, 0.29) is 12.0 Å². The van der Waals surface area contributed by atoms with Gasteiger partial charge in [-0.2, -0.15) is 8.42 Å². The Morgan fingerprint density at radius 2 is 2.00 bits per heavy atom. The molecule has 0 aliphatic rings. The molecule has 2 N–H and O–H groups in total. The first-order valence-corrected chi connectivity index (χ1v) is 5.53. The van der Waals surface area contributed by atoms with Gasteiger partial charge < -0.3 is 5.32 Å². The van der Waals surface area contributed by atoms with E-state index in [1.807, 2.05) is 0 Å². The number of hydrogen-bond donors (Lipinski definition) is 2. The lowest BCUT2D eigenvalue weighted by molar-refractivity contribution is -0.118. The maximum atomic E-state index is 11.2. The van der Waals surface area contributed by atoms with Crippen LogP contribution in [0.4, 0.5) is 0 Å². The molecule has 0 spiro atoms. The van der Waals surface area contributed by atoms with Gasteiger partial charge in [-0.25, -0.2) is 0 Å². The zero-order chi connectivity index (χ0) is 11.6. The molecule has 0 aromatic carbocycles. The summed E-state index contributed by atoms with van der Waals surface area (Å²) >= 11 is 0. The third kappa shape index (κ3) is 2.81. The van der Waals surface area contributed by atoms with Crippen molar-refractivity contribution < 1.29 is 17.8 Å². The second-order valence-corrected chi connectivity index (χ2v) is 5.15. The van der Waals surface area contributed by atoms with Crippen LogP contribution in [-0.2, 0) is 14.9 Å². The molecule has 0 saturated heterocycles. The number of nitrogens with one attached hydrogen (secondary N) is 1. The van der Waals surface area contributed by atoms with Gasteiger partial charge in [0.15, 0.2) is 4.87 Å². The average Bonchev–Trinajstić information content (AvgIpc) is 2.01. The topological polar surface area (TPSA) is 83.5 Å². The summed E-state index contributed by atoms with van der Waals surface area (Å²) in [5.41, 5.74) is 0.188. The van der Waals surface area contributed by atoms with Crippen LogP contribution in [0.25, 0.3) is 0 Å². The summed E-state index contributed by atoms with van der Waals surface area (Å²) in [6.45, 7) is 7.61. The highest BCUT2D eigenvalue weighted by atomic mass is 32.2. The maximum Gasteiger partial charge on any atom is 0.288 e. The predicted octanol–water partition coefficient (Wildman–Crippen LogP) is 0.693. The summed E-state index contributed by atoms with van der Waals surface area (Å²) in [4.78, 5) is 9.53. The molecule has 0 rings (SSSR count). The average molecular weight is 221 g/mol. The molecule has 1 atom stereocenters. The standard InChI is InChI=1S/C8H15NO4S/c1-5-8(4,14(11,12)13)9-7(10)6(2)3/h2,5H2,1,3-4H3,(H,9,10)(H,11,12,13). The molecule has 0 aromatic rings. The van der Waals surface area contributed by atoms with E-state index >= 15 is 0 Å². The third-order valence-corrected chi connectivity index (χ3v) is 3.54. The molecular weight excluding hydrogens is 206 g/mol. The number of amides is 1. The SMILES string of the molecule is C=C(C)C(=O)NC(C)(CC)S(=O)(=O)O. The van der Waals surface area contributed by atoms with E-state index in [9.17, 15) is 13.2 Å². The predicted molar refractivity (Wildman–Crippen MR) is 53.2 cm³/mol. The Morgan fingerprint density at radius 3 is 2.21 bits per heavy atom. The molecule has 0 heterocycles. The van der Waals surface area contributed by atoms with Crippen molar-refractivity contribution in [3.05, 3.63) is 12.2 Å². The van der Waals surface area contributed by atoms with E-state index in [0.29, 0.717) is 0 Å². The monoisotopic (exact) mass is 221 g/mol. The largest absolute Gasteiger partial charge is 0.332 e. The van der Waals surface area contributed by atoms with Crippen molar-refractivity contribution in [2.45, 2.75) is 32.1 Å². The lowest BCUT2D eigenvalue weighted by Crippen LogP contribution is -2.51. The van der Waals surface area contributed by atoms with Crippen LogP contribution < -0.4 is 5.32 Å². The second kappa shape index (κ2) is 4.10. The summed E-state index contributed by atoms with van der Waals surface area (Å²) in [6, 6.07) is 0. The minimum absolute atomic E-state index is 0.0743. The van der Waals surface area contributed by atoms with Gasteiger partial charge in [-0.3, -0.25) is 9.35 Å². The van der Waals surface area contributed by atoms with Gasteiger partial charge in [-0.15, -0.1) is 0 Å². The van der Waals surface area contributed by atoms with Crippen LogP contribution >= 0.6 is 0 Å². The second-order valence-electron chi connectivity index (χ2n) is 3.29. The smallest absolute Gasteiger partial charge is 0.288 e. The molecule has 82 valence electrons. The quantitative estimate of drug-likeness (QED) is 0.540. The van der Waals surface area contributed by atoms with Gasteiger partial charge in [0.1, 0.15) is 0 Å². The Labute approximate surface area is 83.9 Å². The fourth-order valence-electron chi connectivity index (χ4n) is 0.682. The normalized spacial score (nSPS) is 15.7. The Hall–Kier alpha value is -0.880. The van der Waals surface area contributed by atoms with Crippen molar-refractivity contribution in [2.75, 3.05) is 0 Å². The molecule has 0 saturated carbocycles. The molecular formula is C8H15NO4S. The highest BCUT2D eigenvalue weighted by molar-refractivity contribution is 7.87. The van der Waals surface area contributed by atoms with Gasteiger partial charge in [-0.1, -0.05) is 13.5 Å². The Balaban J connectivity index is 4.93. The van der Waals surface area contributed by atoms with E-state index in [1.165, 1.54) is 13.8 Å². The van der Waals surface area contributed by atoms with Crippen molar-refractivity contribution >= 4 is 16.0 Å². The van der Waals surface area contributed by atoms with Crippen LogP contribution in [0.5, 0.6) is 0 Å². The molecule has 5 nitrogen and oxygen atoms in total. The van der Waals surface area contributed by atoms with Gasteiger partial charge in [0.25, 0.3) is 10.1 Å². The van der Waals surface area contributed by atoms with E-state index in [2.05, 4.69) is 11.9 Å². The fraction of sp³-hybridized carbons (Fsp3) is 0.625. The Kier molecular flexibility index (Phi) is 3.84. The third-order valence-electron chi connectivity index (χ3n) is 2.01. The molecule has 1 amide bonds. The van der Waals surface area contributed by atoms with Gasteiger partial charge >= 0.3 is 0 Å². The Bertz CT molecular complexity index is 346. The van der Waals surface area contributed by atoms with Crippen LogP contribution in [0.15, 0.2) is 12.2 Å². The van der Waals surface area contributed by atoms with Crippen molar-refractivity contribution in [3.63, 3.8) is 0 Å². The first-order chi connectivity index (χ1) is 6.14. The first-order valence-electron chi connectivity index (χ1n) is 4.09. The van der Waals surface area contributed by atoms with Crippen LogP contribution in [0.3, 0.4) is 0 Å². The molecule has 0 aromatic heterocycles. The van der Waals surface area contributed by atoms with Crippen molar-refractivity contribution in [1.82, 2.24) is 5.32 Å². The molecule has 0 radical (unpaired) electrons. The Morgan fingerprint density at radius 1 is 1.57 bits per heavy atom. The highest BCUT2D eigenvalue weighted by Crippen LogP contribution is 2.16. The number of hydrogen-bond acceptors (Lipinski definition) is 3. The lowest BCUT2D eigenvalue weighted by atomic mass is 10.2. The number of carbonyl (C=O) groups is 1. The zero-order valence-corrected chi connectivity index (χ0v) is 9.31. The molecule has 6 heteroatoms. The molecule has 0 fully saturated rings. The minimum atomic E-state index is -4.32. The van der Waals surface area contributed by atoms with Gasteiger partial charge in [0.2, 0.25) is 5.91 Å². The fourth-order valence-corrected chi connectivity index (χ4v) is 1.27. The van der Waals surface area contributed by atoms with Gasteiger partial charge in [0.05, 0.1) is 0 Å². The van der Waals surface area contributed by atoms with Crippen molar-refractivity contribution in [1.29, 1.82) is 0 Å². The van der Waals surface area contributed by atoms with Crippen LogP contribution in [-0.4, -0.2) is 23.7 Å². The first kappa shape index (κ1) is 13.1. The molecule has 14 heavy (non-hydrogen) atoms. The van der Waals surface area contributed by atoms with E-state index in [1.54, 1.807) is 6.92 Å². The summed E-state index contributed by atoms with van der Waals surface area (Å²) in [7, 11) is -4.32. The zero-order valence-electron chi connectivity index (χ0n) is 8.49. The van der Waals surface area contributed by atoms with Crippen molar-refractivity contribution in [2.24, 2.45) is 0 Å². The molecule has 0 bridgehead atoms. The van der Waals surface area contributed by atoms with Crippen LogP contribution in [0.2, 0.25) is 0 Å². The van der Waals surface area contributed by atoms with E-state index < -0.39 is 20.9 Å². The van der Waals surface area contributed by atoms with Crippen LogP contribution in [0.1, 0.15) is 27.2 Å². The highest BCUT2D eigenvalue weighted by Gasteiger charge is 2.37. The molecule has 1 unspecified atom stereocenters. The molecule has 0 aliphatic carbocycles. The minimum Gasteiger partial charge on any atom is -0.332 e. The number of rotatable bonds is 4. The summed E-state index contributed by atoms with van der Waals surface area (Å²) < 4.78 is 30.8. The van der Waals surface area contributed by atoms with Crippen molar-refractivity contribution in [3.8, 4) is 0 Å². The van der Waals surface area contributed by atoms with E-state index in [4.69, 9.17) is 4.55 Å². The lowest BCUT2D eigenvalue weighted by Gasteiger charge is -2.25. The summed E-state index contributed by atoms with van der Waals surface area (Å²) in [6.07, 6.45) is 0.0743. The van der Waals surface area contributed by atoms with Crippen LogP contribution in [0, 0.1) is 0 Å². The van der Waals surface area contributed by atoms with Gasteiger partial charge in [-0.05, 0) is 20.3 Å². The molecule has 0 aliphatic heterocycles.